The number of thiazole rings is 1. The van der Waals surface area contributed by atoms with Crippen LogP contribution in [0.5, 0.6) is 0 Å². The summed E-state index contributed by atoms with van der Waals surface area (Å²) in [7, 11) is 0. The number of halogens is 2. The Hall–Kier alpha value is -3.02. The van der Waals surface area contributed by atoms with Gasteiger partial charge in [-0.1, -0.05) is 30.3 Å². The van der Waals surface area contributed by atoms with Gasteiger partial charge in [0.15, 0.2) is 5.76 Å². The van der Waals surface area contributed by atoms with Crippen LogP contribution in [0.15, 0.2) is 47.8 Å². The quantitative estimate of drug-likeness (QED) is 0.278. The van der Waals surface area contributed by atoms with Crippen LogP contribution in [-0.4, -0.2) is 16.5 Å². The number of nitriles is 1. The average Bonchev–Trinajstić information content (AvgIpc) is 3.17. The lowest BCUT2D eigenvalue weighted by molar-refractivity contribution is 0.220. The molecule has 1 aromatic heterocycles. The van der Waals surface area contributed by atoms with Crippen molar-refractivity contribution in [2.75, 3.05) is 6.26 Å². The number of allylic oxidation sites excluding steroid dienone is 1. The highest BCUT2D eigenvalue weighted by molar-refractivity contribution is 8.12. The van der Waals surface area contributed by atoms with Crippen molar-refractivity contribution in [2.45, 2.75) is 6.92 Å². The molecular formula is C21H14F2N2O2S2. The SMILES string of the molecule is CSC(=O)O/C(=C(/C#N)c1nc(-c2c(F)cccc2F)cs1)c1ccccc1C. The van der Waals surface area contributed by atoms with Crippen LogP contribution in [-0.2, 0) is 4.74 Å². The molecule has 146 valence electrons. The zero-order valence-corrected chi connectivity index (χ0v) is 17.0. The molecule has 0 bridgehead atoms. The van der Waals surface area contributed by atoms with Gasteiger partial charge >= 0.3 is 5.30 Å². The van der Waals surface area contributed by atoms with E-state index in [1.807, 2.05) is 25.1 Å². The summed E-state index contributed by atoms with van der Waals surface area (Å²) < 4.78 is 33.6. The van der Waals surface area contributed by atoms with Crippen molar-refractivity contribution in [3.8, 4) is 17.3 Å². The Kier molecular flexibility index (Phi) is 6.42. The number of carbonyl (C=O) groups excluding carboxylic acids is 1. The molecule has 29 heavy (non-hydrogen) atoms. The fourth-order valence-electron chi connectivity index (χ4n) is 2.63. The van der Waals surface area contributed by atoms with Crippen molar-refractivity contribution in [2.24, 2.45) is 0 Å². The van der Waals surface area contributed by atoms with E-state index in [0.717, 1.165) is 40.8 Å². The van der Waals surface area contributed by atoms with Crippen LogP contribution in [0.4, 0.5) is 13.6 Å². The van der Waals surface area contributed by atoms with Crippen LogP contribution < -0.4 is 0 Å². The maximum Gasteiger partial charge on any atom is 0.372 e. The highest BCUT2D eigenvalue weighted by Crippen LogP contribution is 2.34. The Morgan fingerprint density at radius 1 is 1.17 bits per heavy atom. The van der Waals surface area contributed by atoms with E-state index in [1.54, 1.807) is 18.4 Å². The fraction of sp³-hybridized carbons (Fsp3) is 0.0952. The Morgan fingerprint density at radius 2 is 1.86 bits per heavy atom. The molecule has 8 heteroatoms. The highest BCUT2D eigenvalue weighted by atomic mass is 32.2. The Balaban J connectivity index is 2.18. The standard InChI is InChI=1S/C21H14F2N2O2S2/c1-12-6-3-4-7-13(12)19(27-21(26)28-2)14(10-24)20-25-17(11-29-20)18-15(22)8-5-9-16(18)23/h3-9,11H,1-2H3/b19-14-. The topological polar surface area (TPSA) is 63.0 Å². The van der Waals surface area contributed by atoms with Crippen LogP contribution in [0, 0.1) is 29.9 Å². The molecule has 0 fully saturated rings. The number of carbonyl (C=O) groups is 1. The van der Waals surface area contributed by atoms with E-state index in [0.29, 0.717) is 5.56 Å². The summed E-state index contributed by atoms with van der Waals surface area (Å²) >= 11 is 1.90. The van der Waals surface area contributed by atoms with E-state index in [4.69, 9.17) is 4.74 Å². The van der Waals surface area contributed by atoms with Crippen LogP contribution in [0.1, 0.15) is 16.1 Å². The molecular weight excluding hydrogens is 414 g/mol. The first kappa shape index (κ1) is 20.7. The number of aryl methyl sites for hydroxylation is 1. The zero-order chi connectivity index (χ0) is 21.0. The minimum atomic E-state index is -0.753. The van der Waals surface area contributed by atoms with Gasteiger partial charge in [0.05, 0.1) is 11.3 Å². The van der Waals surface area contributed by atoms with Gasteiger partial charge in [-0.3, -0.25) is 0 Å². The lowest BCUT2D eigenvalue weighted by atomic mass is 10.0. The third kappa shape index (κ3) is 4.36. The minimum absolute atomic E-state index is 0.00898. The predicted octanol–water partition coefficient (Wildman–Crippen LogP) is 6.29. The van der Waals surface area contributed by atoms with Gasteiger partial charge in [-0.05, 0) is 42.6 Å². The fourth-order valence-corrected chi connectivity index (χ4v) is 3.60. The Bertz CT molecular complexity index is 1130. The molecule has 0 saturated heterocycles. The molecule has 3 aromatic rings. The molecule has 0 radical (unpaired) electrons. The maximum atomic E-state index is 14.1. The maximum absolute atomic E-state index is 14.1. The molecule has 3 rings (SSSR count). The number of aromatic nitrogens is 1. The van der Waals surface area contributed by atoms with E-state index in [1.165, 1.54) is 11.4 Å². The van der Waals surface area contributed by atoms with Crippen molar-refractivity contribution < 1.29 is 18.3 Å². The summed E-state index contributed by atoms with van der Waals surface area (Å²) in [6.45, 7) is 1.82. The molecule has 0 unspecified atom stereocenters. The van der Waals surface area contributed by atoms with Crippen molar-refractivity contribution in [3.05, 3.63) is 75.6 Å². The summed E-state index contributed by atoms with van der Waals surface area (Å²) in [5, 5.41) is 10.8. The number of nitrogens with zero attached hydrogens (tertiary/aromatic N) is 2. The molecule has 2 aromatic carbocycles. The Morgan fingerprint density at radius 3 is 2.48 bits per heavy atom. The molecule has 0 amide bonds. The van der Waals surface area contributed by atoms with Gasteiger partial charge in [-0.15, -0.1) is 11.3 Å². The van der Waals surface area contributed by atoms with Gasteiger partial charge in [0.1, 0.15) is 28.3 Å². The predicted molar refractivity (Wildman–Crippen MR) is 111 cm³/mol. The first-order valence-electron chi connectivity index (χ1n) is 8.32. The third-order valence-electron chi connectivity index (χ3n) is 4.02. The largest absolute Gasteiger partial charge is 0.416 e. The smallest absolute Gasteiger partial charge is 0.372 e. The van der Waals surface area contributed by atoms with Gasteiger partial charge in [-0.25, -0.2) is 18.6 Å². The lowest BCUT2D eigenvalue weighted by Crippen LogP contribution is -2.02. The van der Waals surface area contributed by atoms with Gasteiger partial charge < -0.3 is 4.74 Å². The lowest BCUT2D eigenvalue weighted by Gasteiger charge is -2.12. The second kappa shape index (κ2) is 8.99. The highest BCUT2D eigenvalue weighted by Gasteiger charge is 2.22. The van der Waals surface area contributed by atoms with E-state index >= 15 is 0 Å². The summed E-state index contributed by atoms with van der Waals surface area (Å²) in [5.74, 6) is -1.45. The average molecular weight is 428 g/mol. The van der Waals surface area contributed by atoms with Gasteiger partial charge in [-0.2, -0.15) is 5.26 Å². The second-order valence-electron chi connectivity index (χ2n) is 5.82. The van der Waals surface area contributed by atoms with Crippen molar-refractivity contribution in [3.63, 3.8) is 0 Å². The number of ether oxygens (including phenoxy) is 1. The molecule has 4 nitrogen and oxygen atoms in total. The first-order chi connectivity index (χ1) is 14.0. The zero-order valence-electron chi connectivity index (χ0n) is 15.4. The first-order valence-corrected chi connectivity index (χ1v) is 10.4. The normalized spacial score (nSPS) is 11.6. The number of hydrogen-bond donors (Lipinski definition) is 0. The summed E-state index contributed by atoms with van der Waals surface area (Å²) in [6, 6.07) is 12.7. The molecule has 1 heterocycles. The van der Waals surface area contributed by atoms with Crippen molar-refractivity contribution in [1.29, 1.82) is 5.26 Å². The molecule has 0 saturated carbocycles. The van der Waals surface area contributed by atoms with Gasteiger partial charge in [0.25, 0.3) is 0 Å². The number of hydrogen-bond acceptors (Lipinski definition) is 6. The molecule has 0 spiro atoms. The van der Waals surface area contributed by atoms with Gasteiger partial charge in [0, 0.05) is 10.9 Å². The number of rotatable bonds is 4. The van der Waals surface area contributed by atoms with Crippen LogP contribution in [0.25, 0.3) is 22.6 Å². The van der Waals surface area contributed by atoms with E-state index in [-0.39, 0.29) is 27.6 Å². The van der Waals surface area contributed by atoms with E-state index in [9.17, 15) is 18.8 Å². The monoisotopic (exact) mass is 428 g/mol. The molecule has 0 atom stereocenters. The molecule has 0 N–H and O–H groups in total. The third-order valence-corrected chi connectivity index (χ3v) is 5.29. The summed E-state index contributed by atoms with van der Waals surface area (Å²) in [4.78, 5) is 16.2. The summed E-state index contributed by atoms with van der Waals surface area (Å²) in [6.07, 6.45) is 1.56. The molecule has 0 aliphatic heterocycles. The number of benzene rings is 2. The Labute approximate surface area is 174 Å². The molecule has 0 aliphatic carbocycles. The van der Waals surface area contributed by atoms with E-state index in [2.05, 4.69) is 4.98 Å². The summed E-state index contributed by atoms with van der Waals surface area (Å²) in [5.41, 5.74) is 1.15. The minimum Gasteiger partial charge on any atom is -0.416 e. The van der Waals surface area contributed by atoms with Crippen molar-refractivity contribution >= 4 is 39.7 Å². The second-order valence-corrected chi connectivity index (χ2v) is 7.42. The van der Waals surface area contributed by atoms with Crippen molar-refractivity contribution in [1.82, 2.24) is 4.98 Å². The number of thioether (sulfide) groups is 1. The van der Waals surface area contributed by atoms with Crippen LogP contribution in [0.2, 0.25) is 0 Å². The van der Waals surface area contributed by atoms with Crippen LogP contribution in [0.3, 0.4) is 0 Å². The van der Waals surface area contributed by atoms with Gasteiger partial charge in [0.2, 0.25) is 0 Å². The van der Waals surface area contributed by atoms with Crippen LogP contribution >= 0.6 is 23.1 Å². The molecule has 0 aliphatic rings. The van der Waals surface area contributed by atoms with E-state index < -0.39 is 16.9 Å².